The third-order valence-corrected chi connectivity index (χ3v) is 7.86. The number of aryl methyl sites for hydroxylation is 1. The van der Waals surface area contributed by atoms with Gasteiger partial charge in [-0.15, -0.1) is 0 Å². The van der Waals surface area contributed by atoms with Crippen molar-refractivity contribution in [3.63, 3.8) is 0 Å². The van der Waals surface area contributed by atoms with Gasteiger partial charge in [0.2, 0.25) is 0 Å². The zero-order valence-electron chi connectivity index (χ0n) is 19.5. The SMILES string of the molecule is Cn1nc(C2CC2)cc1C(=O)Nc1cc([C@H]2CC[C@@H](OC(=O)N[C@@H]3COC4(CCC4)C3)C2)[nH]n1. The van der Waals surface area contributed by atoms with E-state index in [1.54, 1.807) is 11.7 Å². The smallest absolute Gasteiger partial charge is 0.407 e. The highest BCUT2D eigenvalue weighted by Gasteiger charge is 2.45. The predicted molar refractivity (Wildman–Crippen MR) is 123 cm³/mol. The van der Waals surface area contributed by atoms with Crippen molar-refractivity contribution < 1.29 is 19.1 Å². The van der Waals surface area contributed by atoms with Gasteiger partial charge >= 0.3 is 6.09 Å². The molecule has 0 aromatic carbocycles. The number of anilines is 1. The standard InChI is InChI=1S/C24H32N6O4/c1-30-20(10-19(29-30)14-3-4-14)22(31)26-21-11-18(27-28-21)15-5-6-17(9-15)34-23(32)25-16-12-24(33-13-16)7-2-8-24/h10-11,14-17H,2-9,12-13H2,1H3,(H,25,32)(H2,26,27,28,31)/t15-,16-,17+/m0/s1. The maximum Gasteiger partial charge on any atom is 0.407 e. The number of carbonyl (C=O) groups is 2. The van der Waals surface area contributed by atoms with E-state index in [1.165, 1.54) is 6.42 Å². The van der Waals surface area contributed by atoms with E-state index in [0.29, 0.717) is 24.0 Å². The summed E-state index contributed by atoms with van der Waals surface area (Å²) in [7, 11) is 1.79. The van der Waals surface area contributed by atoms with Crippen LogP contribution in [0.1, 0.15) is 91.5 Å². The molecule has 2 amide bonds. The average molecular weight is 469 g/mol. The van der Waals surface area contributed by atoms with Crippen LogP contribution in [0.4, 0.5) is 10.6 Å². The fourth-order valence-electron chi connectivity index (χ4n) is 5.61. The summed E-state index contributed by atoms with van der Waals surface area (Å²) in [6, 6.07) is 3.79. The van der Waals surface area contributed by atoms with Crippen LogP contribution in [-0.4, -0.2) is 56.3 Å². The maximum atomic E-state index is 12.7. The van der Waals surface area contributed by atoms with E-state index in [0.717, 1.165) is 62.8 Å². The van der Waals surface area contributed by atoms with Gasteiger partial charge in [0.05, 0.1) is 23.9 Å². The van der Waals surface area contributed by atoms with Crippen LogP contribution in [0.2, 0.25) is 0 Å². The summed E-state index contributed by atoms with van der Waals surface area (Å²) in [5, 5.41) is 17.6. The van der Waals surface area contributed by atoms with Gasteiger partial charge in [-0.1, -0.05) is 0 Å². The number of nitrogens with zero attached hydrogens (tertiary/aromatic N) is 3. The Kier molecular flexibility index (Phi) is 5.35. The molecule has 3 aliphatic carbocycles. The van der Waals surface area contributed by atoms with Gasteiger partial charge in [-0.05, 0) is 63.9 Å². The molecule has 10 heteroatoms. The lowest BCUT2D eigenvalue weighted by Gasteiger charge is -2.37. The molecule has 4 aliphatic rings. The number of nitrogens with one attached hydrogen (secondary N) is 3. The lowest BCUT2D eigenvalue weighted by molar-refractivity contribution is -0.0563. The van der Waals surface area contributed by atoms with Crippen LogP contribution >= 0.6 is 0 Å². The summed E-state index contributed by atoms with van der Waals surface area (Å²) in [5.74, 6) is 0.976. The van der Waals surface area contributed by atoms with Gasteiger partial charge in [-0.25, -0.2) is 4.79 Å². The van der Waals surface area contributed by atoms with Gasteiger partial charge in [-0.2, -0.15) is 10.2 Å². The minimum Gasteiger partial charge on any atom is -0.446 e. The number of rotatable bonds is 6. The molecule has 3 heterocycles. The number of carbonyl (C=O) groups excluding carboxylic acids is 2. The second-order valence-electron chi connectivity index (χ2n) is 10.4. The van der Waals surface area contributed by atoms with Gasteiger partial charge in [0.25, 0.3) is 5.91 Å². The molecule has 10 nitrogen and oxygen atoms in total. The Morgan fingerprint density at radius 1 is 1.21 bits per heavy atom. The Hall–Kier alpha value is -2.88. The molecule has 0 radical (unpaired) electrons. The highest BCUT2D eigenvalue weighted by molar-refractivity contribution is 6.02. The third kappa shape index (κ3) is 4.31. The average Bonchev–Trinajstić information content (AvgIpc) is 3.16. The number of hydrogen-bond acceptors (Lipinski definition) is 6. The molecule has 182 valence electrons. The normalized spacial score (nSPS) is 27.5. The molecule has 3 saturated carbocycles. The maximum absolute atomic E-state index is 12.7. The van der Waals surface area contributed by atoms with E-state index in [2.05, 4.69) is 25.9 Å². The molecule has 6 rings (SSSR count). The highest BCUT2D eigenvalue weighted by Crippen LogP contribution is 2.43. The van der Waals surface area contributed by atoms with Gasteiger partial charge < -0.3 is 20.1 Å². The van der Waals surface area contributed by atoms with Crippen LogP contribution in [-0.2, 0) is 16.5 Å². The summed E-state index contributed by atoms with van der Waals surface area (Å²) in [6.07, 6.45) is 8.55. The van der Waals surface area contributed by atoms with Crippen molar-refractivity contribution in [3.05, 3.63) is 29.2 Å². The Morgan fingerprint density at radius 2 is 2.03 bits per heavy atom. The molecule has 0 unspecified atom stereocenters. The lowest BCUT2D eigenvalue weighted by atomic mass is 9.77. The molecule has 3 N–H and O–H groups in total. The first-order valence-corrected chi connectivity index (χ1v) is 12.5. The van der Waals surface area contributed by atoms with Crippen molar-refractivity contribution in [3.8, 4) is 0 Å². The number of H-pyrrole nitrogens is 1. The lowest BCUT2D eigenvalue weighted by Crippen LogP contribution is -2.40. The number of ether oxygens (including phenoxy) is 2. The number of alkyl carbamates (subject to hydrolysis) is 1. The van der Waals surface area contributed by atoms with E-state index >= 15 is 0 Å². The van der Waals surface area contributed by atoms with Gasteiger partial charge in [-0.3, -0.25) is 14.6 Å². The molecule has 1 saturated heterocycles. The Bertz CT molecular complexity index is 1090. The molecule has 3 atom stereocenters. The first-order chi connectivity index (χ1) is 16.5. The van der Waals surface area contributed by atoms with Gasteiger partial charge in [0, 0.05) is 30.6 Å². The van der Waals surface area contributed by atoms with Crippen molar-refractivity contribution in [1.29, 1.82) is 0 Å². The Balaban J connectivity index is 0.989. The van der Waals surface area contributed by atoms with E-state index in [1.807, 2.05) is 12.1 Å². The van der Waals surface area contributed by atoms with Crippen molar-refractivity contribution >= 4 is 17.8 Å². The van der Waals surface area contributed by atoms with Crippen LogP contribution in [0, 0.1) is 0 Å². The number of amides is 2. The summed E-state index contributed by atoms with van der Waals surface area (Å²) in [4.78, 5) is 25.1. The van der Waals surface area contributed by atoms with Crippen molar-refractivity contribution in [2.75, 3.05) is 11.9 Å². The summed E-state index contributed by atoms with van der Waals surface area (Å²) >= 11 is 0. The molecular formula is C24H32N6O4. The van der Waals surface area contributed by atoms with Crippen LogP contribution in [0.3, 0.4) is 0 Å². The molecule has 2 aromatic heterocycles. The molecule has 1 spiro atoms. The molecule has 4 fully saturated rings. The van der Waals surface area contributed by atoms with E-state index in [4.69, 9.17) is 9.47 Å². The monoisotopic (exact) mass is 468 g/mol. The Morgan fingerprint density at radius 3 is 2.76 bits per heavy atom. The third-order valence-electron chi connectivity index (χ3n) is 7.86. The van der Waals surface area contributed by atoms with Crippen LogP contribution in [0.25, 0.3) is 0 Å². The predicted octanol–water partition coefficient (Wildman–Crippen LogP) is 3.35. The van der Waals surface area contributed by atoms with Crippen molar-refractivity contribution in [2.24, 2.45) is 7.05 Å². The van der Waals surface area contributed by atoms with Crippen molar-refractivity contribution in [2.45, 2.75) is 87.4 Å². The van der Waals surface area contributed by atoms with Gasteiger partial charge in [0.15, 0.2) is 5.82 Å². The quantitative estimate of drug-likeness (QED) is 0.597. The second kappa shape index (κ2) is 8.41. The zero-order chi connectivity index (χ0) is 23.3. The van der Waals surface area contributed by atoms with E-state index in [9.17, 15) is 9.59 Å². The molecule has 34 heavy (non-hydrogen) atoms. The molecular weight excluding hydrogens is 436 g/mol. The molecule has 2 aromatic rings. The van der Waals surface area contributed by atoms with Crippen LogP contribution in [0.5, 0.6) is 0 Å². The fourth-order valence-corrected chi connectivity index (χ4v) is 5.61. The number of aromatic amines is 1. The summed E-state index contributed by atoms with van der Waals surface area (Å²) in [6.45, 7) is 0.575. The first-order valence-electron chi connectivity index (χ1n) is 12.5. The summed E-state index contributed by atoms with van der Waals surface area (Å²) < 4.78 is 13.2. The molecule has 1 aliphatic heterocycles. The number of hydrogen-bond donors (Lipinski definition) is 3. The highest BCUT2D eigenvalue weighted by atomic mass is 16.6. The number of aromatic nitrogens is 4. The van der Waals surface area contributed by atoms with Crippen molar-refractivity contribution in [1.82, 2.24) is 25.3 Å². The van der Waals surface area contributed by atoms with E-state index in [-0.39, 0.29) is 35.7 Å². The second-order valence-corrected chi connectivity index (χ2v) is 10.4. The van der Waals surface area contributed by atoms with Crippen LogP contribution in [0.15, 0.2) is 12.1 Å². The Labute approximate surface area is 198 Å². The largest absolute Gasteiger partial charge is 0.446 e. The van der Waals surface area contributed by atoms with E-state index < -0.39 is 0 Å². The zero-order valence-corrected chi connectivity index (χ0v) is 19.5. The first kappa shape index (κ1) is 21.6. The van der Waals surface area contributed by atoms with Crippen LogP contribution < -0.4 is 10.6 Å². The summed E-state index contributed by atoms with van der Waals surface area (Å²) in [5.41, 5.74) is 2.48. The minimum atomic E-state index is -0.352. The topological polar surface area (TPSA) is 123 Å². The fraction of sp³-hybridized carbons (Fsp3) is 0.667. The minimum absolute atomic E-state index is 0.0143. The van der Waals surface area contributed by atoms with Gasteiger partial charge in [0.1, 0.15) is 11.8 Å². The molecule has 0 bridgehead atoms.